The molecule has 28 heavy (non-hydrogen) atoms. The molecule has 0 amide bonds. The molecule has 0 aliphatic heterocycles. The molecule has 0 spiro atoms. The summed E-state index contributed by atoms with van der Waals surface area (Å²) in [6.45, 7) is 0. The van der Waals surface area contributed by atoms with E-state index in [1.165, 1.54) is 21.5 Å². The number of hydrogen-bond acceptors (Lipinski definition) is 2. The molecule has 0 radical (unpaired) electrons. The first-order valence-electron chi connectivity index (χ1n) is 9.37. The molecule has 5 aromatic carbocycles. The molecule has 2 nitrogen and oxygen atoms in total. The Morgan fingerprint density at radius 1 is 0.464 bits per heavy atom. The second-order valence-electron chi connectivity index (χ2n) is 7.11. The normalized spacial score (nSPS) is 11.1. The Morgan fingerprint density at radius 3 is 1.64 bits per heavy atom. The molecule has 0 saturated carbocycles. The summed E-state index contributed by atoms with van der Waals surface area (Å²) in [5, 5.41) is 4.83. The number of fused-ring (bicyclic) bond motifs is 2. The Bertz CT molecular complexity index is 1340. The zero-order chi connectivity index (χ0) is 19.1. The van der Waals surface area contributed by atoms with Crippen molar-refractivity contribution in [2.45, 2.75) is 0 Å². The molecule has 0 heterocycles. The van der Waals surface area contributed by atoms with Gasteiger partial charge in [-0.15, -0.1) is 0 Å². The maximum Gasteiger partial charge on any atom is 0.0633 e. The molecule has 0 aromatic heterocycles. The molecular weight excluding hydrogens is 340 g/mol. The molecule has 4 N–H and O–H groups in total. The number of nitrogen functional groups attached to an aromatic ring is 2. The molecule has 2 heteroatoms. The number of anilines is 2. The van der Waals surface area contributed by atoms with Gasteiger partial charge in [0.2, 0.25) is 0 Å². The SMILES string of the molecule is Nc1ccc(-c2ccc3ccccc3c2)c(-c2ccc3ccccc3c2)c1N. The van der Waals surface area contributed by atoms with E-state index in [1.807, 2.05) is 6.07 Å². The van der Waals surface area contributed by atoms with Gasteiger partial charge in [0.1, 0.15) is 0 Å². The smallest absolute Gasteiger partial charge is 0.0633 e. The molecule has 0 atom stereocenters. The quantitative estimate of drug-likeness (QED) is 0.353. The lowest BCUT2D eigenvalue weighted by atomic mass is 9.90. The van der Waals surface area contributed by atoms with E-state index in [1.54, 1.807) is 0 Å². The first-order valence-corrected chi connectivity index (χ1v) is 9.37. The fourth-order valence-electron chi connectivity index (χ4n) is 3.89. The van der Waals surface area contributed by atoms with Crippen molar-refractivity contribution in [1.82, 2.24) is 0 Å². The Labute approximate surface area is 164 Å². The van der Waals surface area contributed by atoms with Crippen LogP contribution in [-0.2, 0) is 0 Å². The van der Waals surface area contributed by atoms with Gasteiger partial charge >= 0.3 is 0 Å². The number of nitrogens with two attached hydrogens (primary N) is 2. The van der Waals surface area contributed by atoms with Crippen molar-refractivity contribution in [3.63, 3.8) is 0 Å². The zero-order valence-corrected chi connectivity index (χ0v) is 15.4. The highest BCUT2D eigenvalue weighted by atomic mass is 14.7. The topological polar surface area (TPSA) is 52.0 Å². The molecule has 0 fully saturated rings. The van der Waals surface area contributed by atoms with Crippen LogP contribution in [0.4, 0.5) is 11.4 Å². The predicted molar refractivity (Wildman–Crippen MR) is 121 cm³/mol. The molecular formula is C26H20N2. The summed E-state index contributed by atoms with van der Waals surface area (Å²) < 4.78 is 0. The predicted octanol–water partition coefficient (Wildman–Crippen LogP) is 6.49. The van der Waals surface area contributed by atoms with Crippen molar-refractivity contribution in [3.8, 4) is 22.3 Å². The molecule has 5 aromatic rings. The van der Waals surface area contributed by atoms with Crippen LogP contribution in [0.5, 0.6) is 0 Å². The van der Waals surface area contributed by atoms with Crippen LogP contribution in [0.2, 0.25) is 0 Å². The third-order valence-electron chi connectivity index (χ3n) is 5.38. The minimum atomic E-state index is 0.604. The molecule has 0 aliphatic carbocycles. The monoisotopic (exact) mass is 360 g/mol. The van der Waals surface area contributed by atoms with Gasteiger partial charge in [0, 0.05) is 5.56 Å². The van der Waals surface area contributed by atoms with Gasteiger partial charge in [-0.3, -0.25) is 0 Å². The van der Waals surface area contributed by atoms with Crippen LogP contribution < -0.4 is 11.5 Å². The van der Waals surface area contributed by atoms with Gasteiger partial charge < -0.3 is 11.5 Å². The van der Waals surface area contributed by atoms with E-state index < -0.39 is 0 Å². The van der Waals surface area contributed by atoms with Crippen LogP contribution in [0.3, 0.4) is 0 Å². The lowest BCUT2D eigenvalue weighted by Crippen LogP contribution is -1.99. The van der Waals surface area contributed by atoms with Crippen LogP contribution in [-0.4, -0.2) is 0 Å². The second kappa shape index (κ2) is 6.43. The summed E-state index contributed by atoms with van der Waals surface area (Å²) in [5.74, 6) is 0. The summed E-state index contributed by atoms with van der Waals surface area (Å²) in [5.41, 5.74) is 18.2. The summed E-state index contributed by atoms with van der Waals surface area (Å²) in [7, 11) is 0. The van der Waals surface area contributed by atoms with Crippen LogP contribution in [0, 0.1) is 0 Å². The van der Waals surface area contributed by atoms with Gasteiger partial charge in [0.25, 0.3) is 0 Å². The average Bonchev–Trinajstić information content (AvgIpc) is 2.75. The number of rotatable bonds is 2. The first-order chi connectivity index (χ1) is 13.7. The standard InChI is InChI=1S/C26H20N2/c27-24-14-13-23(21-11-9-17-5-1-3-7-19(17)15-21)25(26(24)28)22-12-10-18-6-2-4-8-20(18)16-22/h1-16H,27-28H2. The summed E-state index contributed by atoms with van der Waals surface area (Å²) in [4.78, 5) is 0. The minimum absolute atomic E-state index is 0.604. The van der Waals surface area contributed by atoms with E-state index in [0.717, 1.165) is 22.3 Å². The van der Waals surface area contributed by atoms with Gasteiger partial charge in [0.15, 0.2) is 0 Å². The van der Waals surface area contributed by atoms with Crippen LogP contribution in [0.25, 0.3) is 43.8 Å². The molecule has 0 saturated heterocycles. The zero-order valence-electron chi connectivity index (χ0n) is 15.4. The molecule has 5 rings (SSSR count). The van der Waals surface area contributed by atoms with Crippen LogP contribution >= 0.6 is 0 Å². The van der Waals surface area contributed by atoms with Gasteiger partial charge in [-0.1, -0.05) is 78.9 Å². The van der Waals surface area contributed by atoms with Crippen molar-refractivity contribution in [3.05, 3.63) is 97.1 Å². The van der Waals surface area contributed by atoms with E-state index in [-0.39, 0.29) is 0 Å². The molecule has 0 aliphatic rings. The molecule has 0 unspecified atom stereocenters. The minimum Gasteiger partial charge on any atom is -0.397 e. The third-order valence-corrected chi connectivity index (χ3v) is 5.38. The van der Waals surface area contributed by atoms with E-state index in [0.29, 0.717) is 11.4 Å². The second-order valence-corrected chi connectivity index (χ2v) is 7.11. The third kappa shape index (κ3) is 2.67. The van der Waals surface area contributed by atoms with E-state index in [9.17, 15) is 0 Å². The van der Waals surface area contributed by atoms with Crippen LogP contribution in [0.15, 0.2) is 97.1 Å². The molecule has 134 valence electrons. The number of benzene rings is 5. The fraction of sp³-hybridized carbons (Fsp3) is 0. The first kappa shape index (κ1) is 16.4. The van der Waals surface area contributed by atoms with Crippen molar-refractivity contribution in [1.29, 1.82) is 0 Å². The summed E-state index contributed by atoms with van der Waals surface area (Å²) in [6, 6.07) is 33.7. The van der Waals surface area contributed by atoms with Crippen molar-refractivity contribution in [2.24, 2.45) is 0 Å². The van der Waals surface area contributed by atoms with Crippen molar-refractivity contribution >= 4 is 32.9 Å². The van der Waals surface area contributed by atoms with Gasteiger partial charge in [-0.05, 0) is 56.4 Å². The van der Waals surface area contributed by atoms with Gasteiger partial charge in [0.05, 0.1) is 11.4 Å². The molecule has 0 bridgehead atoms. The van der Waals surface area contributed by atoms with Gasteiger partial charge in [-0.25, -0.2) is 0 Å². The Morgan fingerprint density at radius 2 is 1.00 bits per heavy atom. The van der Waals surface area contributed by atoms with E-state index in [4.69, 9.17) is 11.5 Å². The Balaban J connectivity index is 1.77. The highest BCUT2D eigenvalue weighted by Crippen LogP contribution is 2.41. The van der Waals surface area contributed by atoms with E-state index in [2.05, 4.69) is 91.0 Å². The largest absolute Gasteiger partial charge is 0.397 e. The summed E-state index contributed by atoms with van der Waals surface area (Å²) >= 11 is 0. The highest BCUT2D eigenvalue weighted by molar-refractivity contribution is 6.00. The maximum atomic E-state index is 6.48. The average molecular weight is 360 g/mol. The van der Waals surface area contributed by atoms with Crippen molar-refractivity contribution < 1.29 is 0 Å². The Kier molecular flexibility index (Phi) is 3.77. The maximum absolute atomic E-state index is 6.48. The number of hydrogen-bond donors (Lipinski definition) is 2. The lowest BCUT2D eigenvalue weighted by Gasteiger charge is -2.16. The van der Waals surface area contributed by atoms with Crippen molar-refractivity contribution in [2.75, 3.05) is 11.5 Å². The fourth-order valence-corrected chi connectivity index (χ4v) is 3.89. The lowest BCUT2D eigenvalue weighted by molar-refractivity contribution is 1.59. The highest BCUT2D eigenvalue weighted by Gasteiger charge is 2.14. The summed E-state index contributed by atoms with van der Waals surface area (Å²) in [6.07, 6.45) is 0. The van der Waals surface area contributed by atoms with Gasteiger partial charge in [-0.2, -0.15) is 0 Å². The van der Waals surface area contributed by atoms with Crippen LogP contribution in [0.1, 0.15) is 0 Å². The Hall–Kier alpha value is -3.78. The van der Waals surface area contributed by atoms with E-state index >= 15 is 0 Å².